The molecule has 20 heavy (non-hydrogen) atoms. The molecular formula is C15H21N3O2. The maximum atomic E-state index is 12.3. The number of carbonyl (C=O) groups excluding carboxylic acids is 2. The van der Waals surface area contributed by atoms with Gasteiger partial charge in [-0.1, -0.05) is 30.3 Å². The summed E-state index contributed by atoms with van der Waals surface area (Å²) in [6, 6.07) is 9.13. The molecule has 0 bridgehead atoms. The summed E-state index contributed by atoms with van der Waals surface area (Å²) in [5.74, 6) is -0.671. The van der Waals surface area contributed by atoms with Gasteiger partial charge in [-0.05, 0) is 24.8 Å². The normalized spacial score (nSPS) is 20.4. The number of rotatable bonds is 4. The first-order chi connectivity index (χ1) is 9.58. The van der Waals surface area contributed by atoms with Crippen LogP contribution in [0.4, 0.5) is 0 Å². The fourth-order valence-electron chi connectivity index (χ4n) is 2.60. The first-order valence-corrected chi connectivity index (χ1v) is 6.95. The first-order valence-electron chi connectivity index (χ1n) is 6.95. The van der Waals surface area contributed by atoms with E-state index in [-0.39, 0.29) is 17.7 Å². The van der Waals surface area contributed by atoms with Gasteiger partial charge in [-0.15, -0.1) is 0 Å². The van der Waals surface area contributed by atoms with Crippen LogP contribution >= 0.6 is 0 Å². The molecule has 1 aromatic rings. The predicted molar refractivity (Wildman–Crippen MR) is 76.6 cm³/mol. The molecule has 2 rings (SSSR count). The second-order valence-electron chi connectivity index (χ2n) is 5.32. The van der Waals surface area contributed by atoms with Gasteiger partial charge in [0.1, 0.15) is 0 Å². The molecule has 0 radical (unpaired) electrons. The van der Waals surface area contributed by atoms with E-state index in [0.29, 0.717) is 19.5 Å². The molecule has 1 aliphatic heterocycles. The highest BCUT2D eigenvalue weighted by atomic mass is 16.2. The standard InChI is InChI=1S/C15H21N3O2/c16-13(9-11-5-2-1-3-6-11)15(20)18-8-4-7-12(10-18)14(17)19/h1-3,5-6,12-13H,4,7-10,16H2,(H2,17,19)/t12?,13-/m1/s1. The number of likely N-dealkylation sites (tertiary alicyclic amines) is 1. The van der Waals surface area contributed by atoms with Gasteiger partial charge in [0.05, 0.1) is 12.0 Å². The SMILES string of the molecule is NC(=O)C1CCCN(C(=O)[C@H](N)Cc2ccccc2)C1. The molecule has 1 aliphatic rings. The zero-order chi connectivity index (χ0) is 14.5. The molecule has 1 aromatic carbocycles. The van der Waals surface area contributed by atoms with Crippen LogP contribution in [-0.2, 0) is 16.0 Å². The van der Waals surface area contributed by atoms with Gasteiger partial charge >= 0.3 is 0 Å². The van der Waals surface area contributed by atoms with Crippen molar-refractivity contribution in [3.63, 3.8) is 0 Å². The fourth-order valence-corrected chi connectivity index (χ4v) is 2.60. The quantitative estimate of drug-likeness (QED) is 0.827. The minimum absolute atomic E-state index is 0.0974. The Bertz CT molecular complexity index is 475. The Morgan fingerprint density at radius 3 is 2.65 bits per heavy atom. The van der Waals surface area contributed by atoms with E-state index >= 15 is 0 Å². The second kappa shape index (κ2) is 6.52. The van der Waals surface area contributed by atoms with Crippen molar-refractivity contribution >= 4 is 11.8 Å². The van der Waals surface area contributed by atoms with Crippen molar-refractivity contribution in [3.05, 3.63) is 35.9 Å². The van der Waals surface area contributed by atoms with Gasteiger partial charge in [0.25, 0.3) is 0 Å². The molecular weight excluding hydrogens is 254 g/mol. The molecule has 5 nitrogen and oxygen atoms in total. The van der Waals surface area contributed by atoms with Gasteiger partial charge < -0.3 is 16.4 Å². The second-order valence-corrected chi connectivity index (χ2v) is 5.32. The van der Waals surface area contributed by atoms with Crippen molar-refractivity contribution in [1.82, 2.24) is 4.90 Å². The van der Waals surface area contributed by atoms with Crippen LogP contribution in [0.15, 0.2) is 30.3 Å². The maximum absolute atomic E-state index is 12.3. The number of primary amides is 1. The number of nitrogens with two attached hydrogens (primary N) is 2. The van der Waals surface area contributed by atoms with E-state index in [9.17, 15) is 9.59 Å². The largest absolute Gasteiger partial charge is 0.369 e. The molecule has 2 atom stereocenters. The average Bonchev–Trinajstić information content (AvgIpc) is 2.47. The minimum Gasteiger partial charge on any atom is -0.369 e. The first kappa shape index (κ1) is 14.5. The summed E-state index contributed by atoms with van der Waals surface area (Å²) in [5, 5.41) is 0. The summed E-state index contributed by atoms with van der Waals surface area (Å²) in [6.07, 6.45) is 2.07. The molecule has 0 aromatic heterocycles. The molecule has 0 aliphatic carbocycles. The maximum Gasteiger partial charge on any atom is 0.239 e. The van der Waals surface area contributed by atoms with Crippen LogP contribution in [0.5, 0.6) is 0 Å². The Morgan fingerprint density at radius 1 is 1.30 bits per heavy atom. The topological polar surface area (TPSA) is 89.4 Å². The minimum atomic E-state index is -0.566. The zero-order valence-corrected chi connectivity index (χ0v) is 11.5. The van der Waals surface area contributed by atoms with Crippen molar-refractivity contribution in [3.8, 4) is 0 Å². The zero-order valence-electron chi connectivity index (χ0n) is 11.5. The number of hydrogen-bond acceptors (Lipinski definition) is 3. The van der Waals surface area contributed by atoms with Gasteiger partial charge in [0, 0.05) is 13.1 Å². The lowest BCUT2D eigenvalue weighted by atomic mass is 9.96. The van der Waals surface area contributed by atoms with Crippen molar-refractivity contribution < 1.29 is 9.59 Å². The van der Waals surface area contributed by atoms with E-state index in [2.05, 4.69) is 0 Å². The molecule has 108 valence electrons. The van der Waals surface area contributed by atoms with Crippen molar-refractivity contribution in [2.45, 2.75) is 25.3 Å². The van der Waals surface area contributed by atoms with E-state index < -0.39 is 6.04 Å². The van der Waals surface area contributed by atoms with Gasteiger partial charge in [0.15, 0.2) is 0 Å². The van der Waals surface area contributed by atoms with Crippen LogP contribution in [0.25, 0.3) is 0 Å². The lowest BCUT2D eigenvalue weighted by Crippen LogP contribution is -2.50. The fraction of sp³-hybridized carbons (Fsp3) is 0.467. The Kier molecular flexibility index (Phi) is 4.74. The lowest BCUT2D eigenvalue weighted by molar-refractivity contribution is -0.136. The third-order valence-corrected chi connectivity index (χ3v) is 3.75. The Balaban J connectivity index is 1.94. The highest BCUT2D eigenvalue weighted by molar-refractivity contribution is 5.83. The van der Waals surface area contributed by atoms with Gasteiger partial charge in [-0.3, -0.25) is 9.59 Å². The van der Waals surface area contributed by atoms with Crippen molar-refractivity contribution in [1.29, 1.82) is 0 Å². The summed E-state index contributed by atoms with van der Waals surface area (Å²) in [5.41, 5.74) is 12.4. The van der Waals surface area contributed by atoms with Crippen LogP contribution in [-0.4, -0.2) is 35.8 Å². The third-order valence-electron chi connectivity index (χ3n) is 3.75. The molecule has 0 spiro atoms. The van der Waals surface area contributed by atoms with Crippen LogP contribution in [0, 0.1) is 5.92 Å². The van der Waals surface area contributed by atoms with Crippen LogP contribution in [0.3, 0.4) is 0 Å². The molecule has 0 saturated carbocycles. The molecule has 4 N–H and O–H groups in total. The Labute approximate surface area is 118 Å². The van der Waals surface area contributed by atoms with Gasteiger partial charge in [-0.25, -0.2) is 0 Å². The van der Waals surface area contributed by atoms with Crippen LogP contribution < -0.4 is 11.5 Å². The van der Waals surface area contributed by atoms with Gasteiger partial charge in [-0.2, -0.15) is 0 Å². The van der Waals surface area contributed by atoms with Crippen LogP contribution in [0.1, 0.15) is 18.4 Å². The third kappa shape index (κ3) is 3.57. The van der Waals surface area contributed by atoms with Crippen molar-refractivity contribution in [2.75, 3.05) is 13.1 Å². The Morgan fingerprint density at radius 2 is 2.00 bits per heavy atom. The summed E-state index contributed by atoms with van der Waals surface area (Å²) in [4.78, 5) is 25.2. The van der Waals surface area contributed by atoms with E-state index in [1.165, 1.54) is 0 Å². The number of benzene rings is 1. The van der Waals surface area contributed by atoms with Crippen LogP contribution in [0.2, 0.25) is 0 Å². The van der Waals surface area contributed by atoms with E-state index in [1.54, 1.807) is 4.90 Å². The number of amides is 2. The van der Waals surface area contributed by atoms with E-state index in [0.717, 1.165) is 18.4 Å². The number of carbonyl (C=O) groups is 2. The summed E-state index contributed by atoms with van der Waals surface area (Å²) in [7, 11) is 0. The molecule has 5 heteroatoms. The van der Waals surface area contributed by atoms with E-state index in [4.69, 9.17) is 11.5 Å². The summed E-state index contributed by atoms with van der Waals surface area (Å²) in [6.45, 7) is 1.06. The highest BCUT2D eigenvalue weighted by Crippen LogP contribution is 2.17. The summed E-state index contributed by atoms with van der Waals surface area (Å²) < 4.78 is 0. The number of piperidine rings is 1. The molecule has 1 fully saturated rings. The van der Waals surface area contributed by atoms with Gasteiger partial charge in [0.2, 0.25) is 11.8 Å². The number of nitrogens with zero attached hydrogens (tertiary/aromatic N) is 1. The lowest BCUT2D eigenvalue weighted by Gasteiger charge is -2.33. The molecule has 1 heterocycles. The highest BCUT2D eigenvalue weighted by Gasteiger charge is 2.29. The Hall–Kier alpha value is -1.88. The molecule has 2 amide bonds. The molecule has 1 saturated heterocycles. The summed E-state index contributed by atoms with van der Waals surface area (Å²) >= 11 is 0. The predicted octanol–water partition coefficient (Wildman–Crippen LogP) is 0.280. The van der Waals surface area contributed by atoms with Crippen molar-refractivity contribution in [2.24, 2.45) is 17.4 Å². The number of hydrogen-bond donors (Lipinski definition) is 2. The smallest absolute Gasteiger partial charge is 0.239 e. The average molecular weight is 275 g/mol. The monoisotopic (exact) mass is 275 g/mol. The van der Waals surface area contributed by atoms with E-state index in [1.807, 2.05) is 30.3 Å². The molecule has 1 unspecified atom stereocenters.